The number of aromatic nitrogens is 2. The average molecular weight is 305 g/mol. The Morgan fingerprint density at radius 3 is 2.95 bits per heavy atom. The third kappa shape index (κ3) is 4.82. The van der Waals surface area contributed by atoms with Gasteiger partial charge in [-0.3, -0.25) is 4.79 Å². The molecule has 120 valence electrons. The summed E-state index contributed by atoms with van der Waals surface area (Å²) in [6, 6.07) is 4.02. The van der Waals surface area contributed by atoms with Crippen LogP contribution in [-0.4, -0.2) is 41.2 Å². The maximum atomic E-state index is 10.2. The molecule has 2 heterocycles. The SMILES string of the molecule is CC(C)(C)OC(COCCNC=O)c1ccn2ccnc2c1. The van der Waals surface area contributed by atoms with Crippen LogP contribution in [0.5, 0.6) is 0 Å². The Kier molecular flexibility index (Phi) is 5.51. The molecule has 22 heavy (non-hydrogen) atoms. The van der Waals surface area contributed by atoms with E-state index in [0.717, 1.165) is 11.2 Å². The first-order valence-corrected chi connectivity index (χ1v) is 7.35. The molecule has 1 atom stereocenters. The molecule has 1 unspecified atom stereocenters. The van der Waals surface area contributed by atoms with Crippen molar-refractivity contribution < 1.29 is 14.3 Å². The first-order valence-electron chi connectivity index (χ1n) is 7.35. The molecular weight excluding hydrogens is 282 g/mol. The Bertz CT molecular complexity index is 604. The maximum Gasteiger partial charge on any atom is 0.207 e. The molecule has 2 rings (SSSR count). The van der Waals surface area contributed by atoms with Gasteiger partial charge in [0.25, 0.3) is 0 Å². The highest BCUT2D eigenvalue weighted by atomic mass is 16.5. The van der Waals surface area contributed by atoms with Gasteiger partial charge >= 0.3 is 0 Å². The van der Waals surface area contributed by atoms with Crippen molar-refractivity contribution in [2.24, 2.45) is 0 Å². The van der Waals surface area contributed by atoms with Crippen molar-refractivity contribution in [2.75, 3.05) is 19.8 Å². The summed E-state index contributed by atoms with van der Waals surface area (Å²) in [6.45, 7) is 7.42. The highest BCUT2D eigenvalue weighted by Gasteiger charge is 2.21. The summed E-state index contributed by atoms with van der Waals surface area (Å²) in [6.07, 6.45) is 6.11. The highest BCUT2D eigenvalue weighted by Crippen LogP contribution is 2.25. The number of carbonyl (C=O) groups excluding carboxylic acids is 1. The van der Waals surface area contributed by atoms with Gasteiger partial charge in [0.05, 0.1) is 18.8 Å². The lowest BCUT2D eigenvalue weighted by Gasteiger charge is -2.28. The van der Waals surface area contributed by atoms with E-state index < -0.39 is 0 Å². The van der Waals surface area contributed by atoms with E-state index in [4.69, 9.17) is 9.47 Å². The zero-order chi connectivity index (χ0) is 16.0. The standard InChI is InChI=1S/C16H23N3O3/c1-16(2,3)22-14(11-21-9-6-17-12-20)13-4-7-19-8-5-18-15(19)10-13/h4-5,7-8,10,12,14H,6,9,11H2,1-3H3,(H,17,20). The number of hydrogen-bond acceptors (Lipinski definition) is 4. The van der Waals surface area contributed by atoms with Gasteiger partial charge in [0.2, 0.25) is 6.41 Å². The van der Waals surface area contributed by atoms with Gasteiger partial charge in [-0.2, -0.15) is 0 Å². The van der Waals surface area contributed by atoms with Crippen LogP contribution < -0.4 is 5.32 Å². The summed E-state index contributed by atoms with van der Waals surface area (Å²) in [5.74, 6) is 0. The van der Waals surface area contributed by atoms with Crippen molar-refractivity contribution in [1.82, 2.24) is 14.7 Å². The number of nitrogens with zero attached hydrogens (tertiary/aromatic N) is 2. The lowest BCUT2D eigenvalue weighted by atomic mass is 10.1. The number of fused-ring (bicyclic) bond motifs is 1. The average Bonchev–Trinajstić information content (AvgIpc) is 2.92. The molecule has 0 aliphatic rings. The molecule has 1 amide bonds. The van der Waals surface area contributed by atoms with Crippen LogP contribution in [0.3, 0.4) is 0 Å². The molecule has 0 bridgehead atoms. The second-order valence-electron chi connectivity index (χ2n) is 6.02. The van der Waals surface area contributed by atoms with E-state index in [-0.39, 0.29) is 11.7 Å². The van der Waals surface area contributed by atoms with Crippen molar-refractivity contribution in [1.29, 1.82) is 0 Å². The van der Waals surface area contributed by atoms with Crippen LogP contribution in [0.15, 0.2) is 30.7 Å². The molecule has 2 aromatic rings. The van der Waals surface area contributed by atoms with E-state index in [0.29, 0.717) is 26.2 Å². The number of imidazole rings is 1. The van der Waals surface area contributed by atoms with Gasteiger partial charge in [-0.25, -0.2) is 4.98 Å². The van der Waals surface area contributed by atoms with E-state index in [1.165, 1.54) is 0 Å². The smallest absolute Gasteiger partial charge is 0.207 e. The fourth-order valence-corrected chi connectivity index (χ4v) is 2.13. The first kappa shape index (κ1) is 16.5. The molecule has 0 aromatic carbocycles. The van der Waals surface area contributed by atoms with E-state index in [9.17, 15) is 4.79 Å². The molecule has 0 aliphatic heterocycles. The zero-order valence-corrected chi connectivity index (χ0v) is 13.3. The van der Waals surface area contributed by atoms with Crippen molar-refractivity contribution in [3.8, 4) is 0 Å². The van der Waals surface area contributed by atoms with Crippen LogP contribution in [0.25, 0.3) is 5.65 Å². The number of nitrogens with one attached hydrogen (secondary N) is 1. The van der Waals surface area contributed by atoms with Crippen LogP contribution in [0, 0.1) is 0 Å². The van der Waals surface area contributed by atoms with Gasteiger partial charge in [0.1, 0.15) is 11.8 Å². The van der Waals surface area contributed by atoms with Crippen LogP contribution in [0.1, 0.15) is 32.4 Å². The summed E-state index contributed by atoms with van der Waals surface area (Å²) >= 11 is 0. The van der Waals surface area contributed by atoms with Crippen molar-refractivity contribution >= 4 is 12.1 Å². The summed E-state index contributed by atoms with van der Waals surface area (Å²) in [5, 5.41) is 2.57. The predicted octanol–water partition coefficient (Wildman–Crippen LogP) is 1.95. The third-order valence-corrected chi connectivity index (χ3v) is 3.03. The van der Waals surface area contributed by atoms with Crippen LogP contribution in [0.2, 0.25) is 0 Å². The van der Waals surface area contributed by atoms with Gasteiger partial charge in [-0.15, -0.1) is 0 Å². The number of carbonyl (C=O) groups is 1. The summed E-state index contributed by atoms with van der Waals surface area (Å²) in [4.78, 5) is 14.5. The number of hydrogen-bond donors (Lipinski definition) is 1. The molecule has 0 radical (unpaired) electrons. The predicted molar refractivity (Wildman–Crippen MR) is 83.7 cm³/mol. The molecule has 0 saturated carbocycles. The Morgan fingerprint density at radius 2 is 2.23 bits per heavy atom. The molecule has 0 spiro atoms. The number of rotatable bonds is 8. The third-order valence-electron chi connectivity index (χ3n) is 3.03. The normalized spacial score (nSPS) is 13.2. The molecule has 6 nitrogen and oxygen atoms in total. The van der Waals surface area contributed by atoms with Crippen molar-refractivity contribution in [2.45, 2.75) is 32.5 Å². The zero-order valence-electron chi connectivity index (χ0n) is 13.3. The minimum absolute atomic E-state index is 0.182. The lowest BCUT2D eigenvalue weighted by Crippen LogP contribution is -2.26. The quantitative estimate of drug-likeness (QED) is 0.598. The van der Waals surface area contributed by atoms with Crippen LogP contribution in [0.4, 0.5) is 0 Å². The van der Waals surface area contributed by atoms with Crippen LogP contribution >= 0.6 is 0 Å². The number of amides is 1. The minimum Gasteiger partial charge on any atom is -0.377 e. The Morgan fingerprint density at radius 1 is 1.41 bits per heavy atom. The number of pyridine rings is 1. The molecule has 0 saturated heterocycles. The summed E-state index contributed by atoms with van der Waals surface area (Å²) < 4.78 is 13.7. The van der Waals surface area contributed by atoms with Crippen molar-refractivity contribution in [3.05, 3.63) is 36.3 Å². The lowest BCUT2D eigenvalue weighted by molar-refractivity contribution is -0.110. The largest absolute Gasteiger partial charge is 0.377 e. The van der Waals surface area contributed by atoms with Gasteiger partial charge in [-0.1, -0.05) is 0 Å². The first-order chi connectivity index (χ1) is 10.5. The van der Waals surface area contributed by atoms with E-state index >= 15 is 0 Å². The monoisotopic (exact) mass is 305 g/mol. The summed E-state index contributed by atoms with van der Waals surface area (Å²) in [5.41, 5.74) is 1.62. The minimum atomic E-state index is -0.281. The highest BCUT2D eigenvalue weighted by molar-refractivity contribution is 5.45. The molecule has 0 aliphatic carbocycles. The Labute approximate surface area is 130 Å². The topological polar surface area (TPSA) is 64.9 Å². The van der Waals surface area contributed by atoms with Gasteiger partial charge in [-0.05, 0) is 38.5 Å². The van der Waals surface area contributed by atoms with Gasteiger partial charge in [0.15, 0.2) is 0 Å². The molecule has 1 N–H and O–H groups in total. The second kappa shape index (κ2) is 7.38. The molecule has 0 fully saturated rings. The Balaban J connectivity index is 2.06. The van der Waals surface area contributed by atoms with Crippen molar-refractivity contribution in [3.63, 3.8) is 0 Å². The van der Waals surface area contributed by atoms with Gasteiger partial charge < -0.3 is 19.2 Å². The summed E-state index contributed by atoms with van der Waals surface area (Å²) in [7, 11) is 0. The van der Waals surface area contributed by atoms with E-state index in [2.05, 4.69) is 10.3 Å². The molecule has 2 aromatic heterocycles. The Hall–Kier alpha value is -1.92. The fraction of sp³-hybridized carbons (Fsp3) is 0.500. The molecular formula is C16H23N3O3. The van der Waals surface area contributed by atoms with Crippen LogP contribution in [-0.2, 0) is 14.3 Å². The number of ether oxygens (including phenoxy) is 2. The molecule has 6 heteroatoms. The van der Waals surface area contributed by atoms with Gasteiger partial charge in [0, 0.05) is 25.1 Å². The van der Waals surface area contributed by atoms with E-state index in [1.54, 1.807) is 6.20 Å². The fourth-order valence-electron chi connectivity index (χ4n) is 2.13. The second-order valence-corrected chi connectivity index (χ2v) is 6.02. The van der Waals surface area contributed by atoms with E-state index in [1.807, 2.05) is 49.7 Å². The maximum absolute atomic E-state index is 10.2.